The number of rotatable bonds is 10. The van der Waals surface area contributed by atoms with E-state index in [-0.39, 0.29) is 16.5 Å². The van der Waals surface area contributed by atoms with Gasteiger partial charge >= 0.3 is 6.18 Å². The van der Waals surface area contributed by atoms with Crippen LogP contribution < -0.4 is 9.62 Å². The van der Waals surface area contributed by atoms with Crippen LogP contribution in [0.3, 0.4) is 0 Å². The molecule has 226 valence electrons. The van der Waals surface area contributed by atoms with Gasteiger partial charge in [-0.1, -0.05) is 47.5 Å². The van der Waals surface area contributed by atoms with Gasteiger partial charge in [-0.3, -0.25) is 13.9 Å². The normalized spacial score (nSPS) is 12.6. The van der Waals surface area contributed by atoms with Crippen molar-refractivity contribution in [2.45, 2.75) is 57.4 Å². The summed E-state index contributed by atoms with van der Waals surface area (Å²) in [5.74, 6) is -2.21. The zero-order chi connectivity index (χ0) is 31.4. The zero-order valence-corrected chi connectivity index (χ0v) is 24.8. The third kappa shape index (κ3) is 7.80. The topological polar surface area (TPSA) is 86.8 Å². The number of benzene rings is 3. The van der Waals surface area contributed by atoms with Crippen LogP contribution >= 0.6 is 11.6 Å². The Labute approximate surface area is 247 Å². The smallest absolute Gasteiger partial charge is 0.352 e. The number of nitrogens with zero attached hydrogens (tertiary/aromatic N) is 2. The predicted molar refractivity (Wildman–Crippen MR) is 152 cm³/mol. The summed E-state index contributed by atoms with van der Waals surface area (Å²) in [6.07, 6.45) is -4.92. The van der Waals surface area contributed by atoms with E-state index in [1.54, 1.807) is 20.8 Å². The molecule has 0 aliphatic rings. The first-order valence-electron chi connectivity index (χ1n) is 12.8. The van der Waals surface area contributed by atoms with Crippen LogP contribution in [0.25, 0.3) is 0 Å². The molecule has 2 amide bonds. The van der Waals surface area contributed by atoms with Crippen LogP contribution in [-0.4, -0.2) is 43.8 Å². The molecule has 0 aliphatic heterocycles. The molecule has 0 heterocycles. The van der Waals surface area contributed by atoms with Gasteiger partial charge in [0.05, 0.1) is 21.2 Å². The Kier molecular flexibility index (Phi) is 10.3. The van der Waals surface area contributed by atoms with Gasteiger partial charge in [-0.2, -0.15) is 13.2 Å². The molecule has 3 aromatic rings. The van der Waals surface area contributed by atoms with E-state index in [2.05, 4.69) is 5.32 Å². The molecule has 3 rings (SSSR count). The number of carbonyl (C=O) groups is 2. The summed E-state index contributed by atoms with van der Waals surface area (Å²) < 4.78 is 83.9. The molecule has 3 aromatic carbocycles. The third-order valence-corrected chi connectivity index (χ3v) is 8.45. The van der Waals surface area contributed by atoms with E-state index in [4.69, 9.17) is 11.6 Å². The van der Waals surface area contributed by atoms with Crippen LogP contribution in [0, 0.1) is 12.7 Å². The van der Waals surface area contributed by atoms with Crippen LogP contribution in [0.15, 0.2) is 71.6 Å². The van der Waals surface area contributed by atoms with Crippen LogP contribution in [0.5, 0.6) is 0 Å². The lowest BCUT2D eigenvalue weighted by Crippen LogP contribution is -2.52. The van der Waals surface area contributed by atoms with Gasteiger partial charge in [0, 0.05) is 18.2 Å². The van der Waals surface area contributed by atoms with Crippen molar-refractivity contribution in [2.75, 3.05) is 10.8 Å². The molecule has 0 saturated heterocycles. The Morgan fingerprint density at radius 3 is 2.17 bits per heavy atom. The first kappa shape index (κ1) is 32.9. The van der Waals surface area contributed by atoms with Gasteiger partial charge in [-0.15, -0.1) is 0 Å². The highest BCUT2D eigenvalue weighted by Crippen LogP contribution is 2.38. The quantitative estimate of drug-likeness (QED) is 0.282. The Morgan fingerprint density at radius 2 is 1.60 bits per heavy atom. The molecule has 0 spiro atoms. The number of sulfonamides is 1. The van der Waals surface area contributed by atoms with Gasteiger partial charge < -0.3 is 10.2 Å². The largest absolute Gasteiger partial charge is 0.417 e. The summed E-state index contributed by atoms with van der Waals surface area (Å²) in [7, 11) is -4.62. The number of carbonyl (C=O) groups excluding carboxylic acids is 2. The summed E-state index contributed by atoms with van der Waals surface area (Å²) in [6.45, 7) is 5.09. The molecule has 0 aliphatic carbocycles. The molecule has 0 bridgehead atoms. The van der Waals surface area contributed by atoms with Crippen molar-refractivity contribution in [1.29, 1.82) is 0 Å². The van der Waals surface area contributed by atoms with Crippen LogP contribution in [0.1, 0.15) is 37.5 Å². The van der Waals surface area contributed by atoms with Crippen molar-refractivity contribution in [2.24, 2.45) is 0 Å². The Balaban J connectivity index is 2.14. The molecule has 0 fully saturated rings. The highest BCUT2D eigenvalue weighted by molar-refractivity contribution is 7.92. The first-order valence-corrected chi connectivity index (χ1v) is 14.6. The molecule has 1 atom stereocenters. The van der Waals surface area contributed by atoms with E-state index in [1.165, 1.54) is 49.4 Å². The number of nitrogens with one attached hydrogen (secondary N) is 1. The Bertz CT molecular complexity index is 1550. The minimum atomic E-state index is -4.92. The zero-order valence-electron chi connectivity index (χ0n) is 23.2. The number of amides is 2. The fourth-order valence-electron chi connectivity index (χ4n) is 4.05. The van der Waals surface area contributed by atoms with Gasteiger partial charge in [0.2, 0.25) is 11.8 Å². The number of halogens is 5. The lowest BCUT2D eigenvalue weighted by Gasteiger charge is -2.32. The van der Waals surface area contributed by atoms with E-state index in [0.29, 0.717) is 10.4 Å². The molecule has 7 nitrogen and oxygen atoms in total. The lowest BCUT2D eigenvalue weighted by molar-refractivity contribution is -0.139. The van der Waals surface area contributed by atoms with Gasteiger partial charge in [0.15, 0.2) is 0 Å². The molecule has 0 radical (unpaired) electrons. The van der Waals surface area contributed by atoms with Gasteiger partial charge in [-0.05, 0) is 64.1 Å². The third-order valence-electron chi connectivity index (χ3n) is 6.33. The van der Waals surface area contributed by atoms with Gasteiger partial charge in [0.1, 0.15) is 18.4 Å². The molecule has 0 saturated carbocycles. The maximum absolute atomic E-state index is 14.6. The fourth-order valence-corrected chi connectivity index (χ4v) is 5.68. The van der Waals surface area contributed by atoms with Crippen LogP contribution in [0.4, 0.5) is 23.2 Å². The van der Waals surface area contributed by atoms with Crippen LogP contribution in [-0.2, 0) is 32.3 Å². The first-order chi connectivity index (χ1) is 19.5. The van der Waals surface area contributed by atoms with Gasteiger partial charge in [0.25, 0.3) is 10.0 Å². The summed E-state index contributed by atoms with van der Waals surface area (Å²) >= 11 is 5.77. The maximum atomic E-state index is 14.6. The SMILES string of the molecule is Cc1ccc(S(=O)(=O)N(CC(=O)N(Cc2ccccc2F)[C@@H](C)C(=O)NC(C)C)c2ccc(Cl)c(C(F)(F)F)c2)cc1. The number of hydrogen-bond donors (Lipinski definition) is 1. The van der Waals surface area contributed by atoms with E-state index >= 15 is 0 Å². The van der Waals surface area contributed by atoms with Crippen molar-refractivity contribution in [3.63, 3.8) is 0 Å². The summed E-state index contributed by atoms with van der Waals surface area (Å²) in [5, 5.41) is 2.00. The molecule has 0 unspecified atom stereocenters. The van der Waals surface area contributed by atoms with E-state index < -0.39 is 69.2 Å². The Morgan fingerprint density at radius 1 is 0.976 bits per heavy atom. The average Bonchev–Trinajstić information content (AvgIpc) is 2.90. The summed E-state index contributed by atoms with van der Waals surface area (Å²) in [4.78, 5) is 27.4. The Hall–Kier alpha value is -3.64. The molecular formula is C29H30ClF4N3O4S. The second-order valence-electron chi connectivity index (χ2n) is 9.94. The summed E-state index contributed by atoms with van der Waals surface area (Å²) in [6, 6.07) is 12.0. The second-order valence-corrected chi connectivity index (χ2v) is 12.2. The molecular weight excluding hydrogens is 598 g/mol. The minimum Gasteiger partial charge on any atom is -0.352 e. The van der Waals surface area contributed by atoms with Crippen molar-refractivity contribution in [3.05, 3.63) is 94.3 Å². The van der Waals surface area contributed by atoms with Crippen molar-refractivity contribution >= 4 is 39.1 Å². The lowest BCUT2D eigenvalue weighted by atomic mass is 10.1. The van der Waals surface area contributed by atoms with Crippen molar-refractivity contribution in [3.8, 4) is 0 Å². The predicted octanol–water partition coefficient (Wildman–Crippen LogP) is 5.94. The second kappa shape index (κ2) is 13.1. The van der Waals surface area contributed by atoms with E-state index in [0.717, 1.165) is 28.7 Å². The average molecular weight is 628 g/mol. The monoisotopic (exact) mass is 627 g/mol. The number of alkyl halides is 3. The molecule has 1 N–H and O–H groups in total. The molecule has 0 aromatic heterocycles. The standard InChI is InChI=1S/C29H30ClF4N3O4S/c1-18(2)35-28(39)20(4)36(16-21-7-5-6-8-26(21)31)27(38)17-37(42(40,41)23-12-9-19(3)10-13-23)22-11-14-25(30)24(15-22)29(32,33)34/h5-15,18,20H,16-17H2,1-4H3,(H,35,39)/t20-/m0/s1. The minimum absolute atomic E-state index is 0.0499. The number of hydrogen-bond acceptors (Lipinski definition) is 4. The van der Waals surface area contributed by atoms with Crippen LogP contribution in [0.2, 0.25) is 5.02 Å². The summed E-state index contributed by atoms with van der Waals surface area (Å²) in [5.41, 5.74) is -1.01. The van der Waals surface area contributed by atoms with E-state index in [1.807, 2.05) is 0 Å². The van der Waals surface area contributed by atoms with Crippen molar-refractivity contribution < 1.29 is 35.6 Å². The number of anilines is 1. The maximum Gasteiger partial charge on any atom is 0.417 e. The van der Waals surface area contributed by atoms with E-state index in [9.17, 15) is 35.6 Å². The molecule has 13 heteroatoms. The highest BCUT2D eigenvalue weighted by atomic mass is 35.5. The molecule has 42 heavy (non-hydrogen) atoms. The highest BCUT2D eigenvalue weighted by Gasteiger charge is 2.37. The number of aryl methyl sites for hydroxylation is 1. The van der Waals surface area contributed by atoms with Gasteiger partial charge in [-0.25, -0.2) is 12.8 Å². The fraction of sp³-hybridized carbons (Fsp3) is 0.310. The van der Waals surface area contributed by atoms with Crippen molar-refractivity contribution in [1.82, 2.24) is 10.2 Å².